The lowest BCUT2D eigenvalue weighted by molar-refractivity contribution is -0.219. The van der Waals surface area contributed by atoms with Gasteiger partial charge < -0.3 is 14.6 Å². The molecule has 1 aromatic rings. The predicted octanol–water partition coefficient (Wildman–Crippen LogP) is 0.921. The zero-order valence-electron chi connectivity index (χ0n) is 7.98. The van der Waals surface area contributed by atoms with Gasteiger partial charge in [0.25, 0.3) is 0 Å². The molecule has 0 saturated carbocycles. The minimum Gasteiger partial charge on any atom is -0.394 e. The second kappa shape index (κ2) is 4.09. The second-order valence-electron chi connectivity index (χ2n) is 3.43. The largest absolute Gasteiger partial charge is 0.394 e. The molecule has 0 aliphatic carbocycles. The topological polar surface area (TPSA) is 38.7 Å². The Kier molecular flexibility index (Phi) is 2.82. The summed E-state index contributed by atoms with van der Waals surface area (Å²) in [5.74, 6) is 0. The first-order valence-electron chi connectivity index (χ1n) is 4.75. The first-order valence-corrected chi connectivity index (χ1v) is 4.75. The minimum atomic E-state index is -0.315. The summed E-state index contributed by atoms with van der Waals surface area (Å²) >= 11 is 0. The molecular weight excluding hydrogens is 180 g/mol. The van der Waals surface area contributed by atoms with E-state index in [2.05, 4.69) is 0 Å². The van der Waals surface area contributed by atoms with Crippen molar-refractivity contribution >= 4 is 0 Å². The van der Waals surface area contributed by atoms with Gasteiger partial charge in [0, 0.05) is 0 Å². The molecule has 0 atom stereocenters. The van der Waals surface area contributed by atoms with Gasteiger partial charge in [-0.25, -0.2) is 0 Å². The number of benzene rings is 1. The molecule has 1 fully saturated rings. The standard InChI is InChI=1S/C11H14O3/c12-6-7-14-11(8-13-9-11)10-4-2-1-3-5-10/h1-5,12H,6-9H2. The third-order valence-electron chi connectivity index (χ3n) is 2.44. The summed E-state index contributed by atoms with van der Waals surface area (Å²) in [5.41, 5.74) is 0.809. The number of rotatable bonds is 4. The molecule has 76 valence electrons. The zero-order valence-corrected chi connectivity index (χ0v) is 7.98. The van der Waals surface area contributed by atoms with Gasteiger partial charge in [-0.1, -0.05) is 30.3 Å². The van der Waals surface area contributed by atoms with Gasteiger partial charge in [0.05, 0.1) is 26.4 Å². The summed E-state index contributed by atoms with van der Waals surface area (Å²) in [6.45, 7) is 1.57. The maximum Gasteiger partial charge on any atom is 0.140 e. The van der Waals surface area contributed by atoms with E-state index in [1.807, 2.05) is 30.3 Å². The Bertz CT molecular complexity index is 280. The van der Waals surface area contributed by atoms with Crippen LogP contribution in [0.25, 0.3) is 0 Å². The van der Waals surface area contributed by atoms with Crippen LogP contribution in [0.15, 0.2) is 30.3 Å². The Morgan fingerprint density at radius 1 is 1.29 bits per heavy atom. The Balaban J connectivity index is 2.12. The van der Waals surface area contributed by atoms with Crippen molar-refractivity contribution in [3.05, 3.63) is 35.9 Å². The van der Waals surface area contributed by atoms with E-state index in [0.717, 1.165) is 5.56 Å². The van der Waals surface area contributed by atoms with Crippen molar-refractivity contribution in [3.8, 4) is 0 Å². The van der Waals surface area contributed by atoms with Crippen molar-refractivity contribution in [1.29, 1.82) is 0 Å². The van der Waals surface area contributed by atoms with Crippen molar-refractivity contribution in [3.63, 3.8) is 0 Å². The number of hydrogen-bond acceptors (Lipinski definition) is 3. The van der Waals surface area contributed by atoms with Crippen LogP contribution in [0.1, 0.15) is 5.56 Å². The normalized spacial score (nSPS) is 18.9. The molecule has 3 nitrogen and oxygen atoms in total. The Hall–Kier alpha value is -0.900. The zero-order chi connectivity index (χ0) is 9.86. The van der Waals surface area contributed by atoms with Crippen LogP contribution in [-0.2, 0) is 15.1 Å². The smallest absolute Gasteiger partial charge is 0.140 e. The summed E-state index contributed by atoms with van der Waals surface area (Å²) < 4.78 is 10.8. The maximum atomic E-state index is 8.73. The molecule has 14 heavy (non-hydrogen) atoms. The molecule has 3 heteroatoms. The van der Waals surface area contributed by atoms with Crippen LogP contribution in [0.5, 0.6) is 0 Å². The molecule has 0 radical (unpaired) electrons. The van der Waals surface area contributed by atoms with Gasteiger partial charge >= 0.3 is 0 Å². The van der Waals surface area contributed by atoms with Crippen molar-refractivity contribution in [2.75, 3.05) is 26.4 Å². The van der Waals surface area contributed by atoms with Gasteiger partial charge in [-0.15, -0.1) is 0 Å². The van der Waals surface area contributed by atoms with Crippen LogP contribution >= 0.6 is 0 Å². The third kappa shape index (κ3) is 1.66. The van der Waals surface area contributed by atoms with Crippen LogP contribution in [0.4, 0.5) is 0 Å². The van der Waals surface area contributed by atoms with Gasteiger partial charge in [-0.2, -0.15) is 0 Å². The summed E-state index contributed by atoms with van der Waals surface area (Å²) in [4.78, 5) is 0. The molecule has 1 aliphatic rings. The van der Waals surface area contributed by atoms with Gasteiger partial charge in [-0.3, -0.25) is 0 Å². The molecule has 0 bridgehead atoms. The van der Waals surface area contributed by atoms with E-state index >= 15 is 0 Å². The molecule has 1 aliphatic heterocycles. The summed E-state index contributed by atoms with van der Waals surface area (Å²) in [5, 5.41) is 8.73. The van der Waals surface area contributed by atoms with E-state index in [-0.39, 0.29) is 12.2 Å². The molecule has 1 aromatic carbocycles. The molecule has 1 heterocycles. The summed E-state index contributed by atoms with van der Waals surface area (Å²) in [6, 6.07) is 10.00. The SMILES string of the molecule is OCCOC1(c2ccccc2)COC1. The first kappa shape index (κ1) is 9.65. The summed E-state index contributed by atoms with van der Waals surface area (Å²) in [7, 11) is 0. The Morgan fingerprint density at radius 3 is 2.50 bits per heavy atom. The van der Waals surface area contributed by atoms with Gasteiger partial charge in [0.15, 0.2) is 0 Å². The minimum absolute atomic E-state index is 0.0502. The van der Waals surface area contributed by atoms with Crippen molar-refractivity contribution < 1.29 is 14.6 Å². The average Bonchev–Trinajstić information content (AvgIpc) is 2.18. The monoisotopic (exact) mass is 194 g/mol. The Labute approximate surface area is 83.3 Å². The third-order valence-corrected chi connectivity index (χ3v) is 2.44. The number of ether oxygens (including phenoxy) is 2. The lowest BCUT2D eigenvalue weighted by Gasteiger charge is -2.41. The van der Waals surface area contributed by atoms with Gasteiger partial charge in [0.1, 0.15) is 5.60 Å². The molecule has 0 amide bonds. The molecule has 0 aromatic heterocycles. The Morgan fingerprint density at radius 2 is 2.00 bits per heavy atom. The highest BCUT2D eigenvalue weighted by Gasteiger charge is 2.41. The molecule has 2 rings (SSSR count). The number of hydrogen-bond donors (Lipinski definition) is 1. The van der Waals surface area contributed by atoms with Crippen molar-refractivity contribution in [2.24, 2.45) is 0 Å². The number of aliphatic hydroxyl groups excluding tert-OH is 1. The second-order valence-corrected chi connectivity index (χ2v) is 3.43. The van der Waals surface area contributed by atoms with Crippen LogP contribution in [0.3, 0.4) is 0 Å². The van der Waals surface area contributed by atoms with E-state index in [1.165, 1.54) is 0 Å². The lowest BCUT2D eigenvalue weighted by atomic mass is 9.92. The average molecular weight is 194 g/mol. The molecule has 0 unspecified atom stereocenters. The summed E-state index contributed by atoms with van der Waals surface area (Å²) in [6.07, 6.45) is 0. The van der Waals surface area contributed by atoms with Crippen LogP contribution < -0.4 is 0 Å². The molecule has 1 saturated heterocycles. The van der Waals surface area contributed by atoms with Crippen LogP contribution in [0.2, 0.25) is 0 Å². The highest BCUT2D eigenvalue weighted by atomic mass is 16.6. The van der Waals surface area contributed by atoms with Gasteiger partial charge in [0.2, 0.25) is 0 Å². The fourth-order valence-electron chi connectivity index (χ4n) is 1.60. The van der Waals surface area contributed by atoms with E-state index in [1.54, 1.807) is 0 Å². The van der Waals surface area contributed by atoms with E-state index in [4.69, 9.17) is 14.6 Å². The highest BCUT2D eigenvalue weighted by molar-refractivity contribution is 5.24. The molecule has 0 spiro atoms. The lowest BCUT2D eigenvalue weighted by Crippen LogP contribution is -2.49. The van der Waals surface area contributed by atoms with Crippen molar-refractivity contribution in [2.45, 2.75) is 5.60 Å². The van der Waals surface area contributed by atoms with Gasteiger partial charge in [-0.05, 0) is 5.56 Å². The van der Waals surface area contributed by atoms with E-state index < -0.39 is 0 Å². The quantitative estimate of drug-likeness (QED) is 0.774. The fraction of sp³-hybridized carbons (Fsp3) is 0.455. The first-order chi connectivity index (χ1) is 6.87. The molecular formula is C11H14O3. The van der Waals surface area contributed by atoms with E-state index in [9.17, 15) is 0 Å². The fourth-order valence-corrected chi connectivity index (χ4v) is 1.60. The van der Waals surface area contributed by atoms with Crippen molar-refractivity contribution in [1.82, 2.24) is 0 Å². The van der Waals surface area contributed by atoms with E-state index in [0.29, 0.717) is 19.8 Å². The van der Waals surface area contributed by atoms with Crippen LogP contribution in [-0.4, -0.2) is 31.5 Å². The maximum absolute atomic E-state index is 8.73. The molecule has 1 N–H and O–H groups in total. The number of aliphatic hydroxyl groups is 1. The highest BCUT2D eigenvalue weighted by Crippen LogP contribution is 2.33. The van der Waals surface area contributed by atoms with Crippen LogP contribution in [0, 0.1) is 0 Å². The predicted molar refractivity (Wildman–Crippen MR) is 52.0 cm³/mol.